The van der Waals surface area contributed by atoms with Gasteiger partial charge in [-0.25, -0.2) is 4.79 Å². The first-order chi connectivity index (χ1) is 17.0. The number of nitrogens with one attached hydrogen (secondary N) is 3. The van der Waals surface area contributed by atoms with Crippen LogP contribution >= 0.6 is 11.6 Å². The summed E-state index contributed by atoms with van der Waals surface area (Å²) in [5.74, 6) is -0.725. The molecule has 1 unspecified atom stereocenters. The standard InChI is InChI=1S/C24H26ClN7O3/c25-19-4-7-22(32-15-28-30-31-32)18(12-19)3-8-23(33)29-21(11-16-9-10-26-13-16)14-27-20-5-1-17(2-6-20)24(34)35/h1-8,12,15-16,21,26-27H,9-11,13-14H2,(H,29,33)(H,34,35)/b8-3+/t16?,21-/m0/s1. The average molecular weight is 496 g/mol. The van der Waals surface area contributed by atoms with Gasteiger partial charge in [-0.05, 0) is 90.8 Å². The first-order valence-corrected chi connectivity index (χ1v) is 11.6. The van der Waals surface area contributed by atoms with Crippen molar-refractivity contribution in [3.8, 4) is 5.69 Å². The fourth-order valence-corrected chi connectivity index (χ4v) is 4.22. The van der Waals surface area contributed by atoms with Gasteiger partial charge >= 0.3 is 5.97 Å². The molecule has 0 bridgehead atoms. The molecule has 4 N–H and O–H groups in total. The summed E-state index contributed by atoms with van der Waals surface area (Å²) >= 11 is 6.16. The Morgan fingerprint density at radius 3 is 2.77 bits per heavy atom. The van der Waals surface area contributed by atoms with Gasteiger partial charge in [0.05, 0.1) is 11.3 Å². The van der Waals surface area contributed by atoms with Gasteiger partial charge in [0.2, 0.25) is 5.91 Å². The Hall–Kier alpha value is -3.76. The third-order valence-electron chi connectivity index (χ3n) is 5.81. The van der Waals surface area contributed by atoms with Crippen molar-refractivity contribution in [2.45, 2.75) is 18.9 Å². The highest BCUT2D eigenvalue weighted by molar-refractivity contribution is 6.30. The number of hydrogen-bond acceptors (Lipinski definition) is 7. The maximum atomic E-state index is 12.8. The van der Waals surface area contributed by atoms with E-state index in [-0.39, 0.29) is 17.5 Å². The lowest BCUT2D eigenvalue weighted by Gasteiger charge is -2.22. The minimum Gasteiger partial charge on any atom is -0.478 e. The zero-order valence-electron chi connectivity index (χ0n) is 18.9. The number of anilines is 1. The van der Waals surface area contributed by atoms with Crippen LogP contribution in [0, 0.1) is 5.92 Å². The topological polar surface area (TPSA) is 134 Å². The van der Waals surface area contributed by atoms with Gasteiger partial charge in [0.25, 0.3) is 0 Å². The predicted molar refractivity (Wildman–Crippen MR) is 133 cm³/mol. The SMILES string of the molecule is O=C(/C=C/c1cc(Cl)ccc1-n1cnnn1)N[C@H](CNc1ccc(C(=O)O)cc1)CC1CCNC1. The van der Waals surface area contributed by atoms with E-state index < -0.39 is 5.97 Å². The zero-order chi connectivity index (χ0) is 24.6. The van der Waals surface area contributed by atoms with E-state index in [1.54, 1.807) is 48.5 Å². The number of aromatic carboxylic acids is 1. The Bertz CT molecular complexity index is 1180. The van der Waals surface area contributed by atoms with Crippen molar-refractivity contribution in [3.05, 3.63) is 71.0 Å². The number of benzene rings is 2. The van der Waals surface area contributed by atoms with Crippen LogP contribution in [0.15, 0.2) is 54.9 Å². The molecule has 1 aliphatic heterocycles. The summed E-state index contributed by atoms with van der Waals surface area (Å²) in [6.45, 7) is 2.41. The minimum absolute atomic E-state index is 0.116. The first-order valence-electron chi connectivity index (χ1n) is 11.3. The van der Waals surface area contributed by atoms with Crippen molar-refractivity contribution in [2.75, 3.05) is 25.0 Å². The maximum Gasteiger partial charge on any atom is 0.335 e. The van der Waals surface area contributed by atoms with Gasteiger partial charge in [-0.3, -0.25) is 4.79 Å². The highest BCUT2D eigenvalue weighted by Gasteiger charge is 2.21. The largest absolute Gasteiger partial charge is 0.478 e. The van der Waals surface area contributed by atoms with Crippen LogP contribution < -0.4 is 16.0 Å². The van der Waals surface area contributed by atoms with Gasteiger partial charge < -0.3 is 21.1 Å². The molecule has 2 aromatic carbocycles. The number of carbonyl (C=O) groups is 2. The van der Waals surface area contributed by atoms with E-state index in [9.17, 15) is 9.59 Å². The Morgan fingerprint density at radius 2 is 2.09 bits per heavy atom. The van der Waals surface area contributed by atoms with E-state index in [0.29, 0.717) is 28.7 Å². The number of carboxylic acids is 1. The van der Waals surface area contributed by atoms with E-state index in [4.69, 9.17) is 16.7 Å². The third-order valence-corrected chi connectivity index (χ3v) is 6.05. The number of halogens is 1. The number of hydrogen-bond donors (Lipinski definition) is 4. The van der Waals surface area contributed by atoms with E-state index in [1.165, 1.54) is 17.1 Å². The van der Waals surface area contributed by atoms with Gasteiger partial charge in [0.15, 0.2) is 0 Å². The molecule has 182 valence electrons. The third kappa shape index (κ3) is 6.87. The smallest absolute Gasteiger partial charge is 0.335 e. The van der Waals surface area contributed by atoms with Crippen molar-refractivity contribution < 1.29 is 14.7 Å². The van der Waals surface area contributed by atoms with E-state index in [0.717, 1.165) is 31.6 Å². The molecule has 4 rings (SSSR count). The van der Waals surface area contributed by atoms with E-state index in [2.05, 4.69) is 31.5 Å². The molecule has 1 aromatic heterocycles. The number of carbonyl (C=O) groups excluding carboxylic acids is 1. The summed E-state index contributed by atoms with van der Waals surface area (Å²) in [5, 5.41) is 30.6. The fourth-order valence-electron chi connectivity index (χ4n) is 4.04. The van der Waals surface area contributed by atoms with Crippen LogP contribution in [0.5, 0.6) is 0 Å². The summed E-state index contributed by atoms with van der Waals surface area (Å²) in [5.41, 5.74) is 2.42. The number of amides is 1. The summed E-state index contributed by atoms with van der Waals surface area (Å²) in [6.07, 6.45) is 6.51. The molecule has 0 radical (unpaired) electrons. The quantitative estimate of drug-likeness (QED) is 0.315. The average Bonchev–Trinajstić information content (AvgIpc) is 3.56. The monoisotopic (exact) mass is 495 g/mol. The van der Waals surface area contributed by atoms with Crippen molar-refractivity contribution in [1.29, 1.82) is 0 Å². The molecule has 0 saturated carbocycles. The van der Waals surface area contributed by atoms with E-state index >= 15 is 0 Å². The molecule has 35 heavy (non-hydrogen) atoms. The molecule has 1 fully saturated rings. The van der Waals surface area contributed by atoms with Crippen molar-refractivity contribution in [2.24, 2.45) is 5.92 Å². The summed E-state index contributed by atoms with van der Waals surface area (Å²) in [6, 6.07) is 11.7. The second-order valence-corrected chi connectivity index (χ2v) is 8.79. The fraction of sp³-hybridized carbons (Fsp3) is 0.292. The highest BCUT2D eigenvalue weighted by atomic mass is 35.5. The molecule has 1 aliphatic rings. The second-order valence-electron chi connectivity index (χ2n) is 8.35. The molecule has 10 nitrogen and oxygen atoms in total. The molecule has 1 saturated heterocycles. The molecule has 0 aliphatic carbocycles. The van der Waals surface area contributed by atoms with Gasteiger partial charge in [-0.1, -0.05) is 11.6 Å². The van der Waals surface area contributed by atoms with Gasteiger partial charge in [0, 0.05) is 34.9 Å². The second kappa shape index (κ2) is 11.6. The van der Waals surface area contributed by atoms with Crippen LogP contribution in [-0.4, -0.2) is 62.9 Å². The van der Waals surface area contributed by atoms with Crippen LogP contribution in [0.4, 0.5) is 5.69 Å². The first kappa shape index (κ1) is 24.4. The highest BCUT2D eigenvalue weighted by Crippen LogP contribution is 2.20. The maximum absolute atomic E-state index is 12.8. The zero-order valence-corrected chi connectivity index (χ0v) is 19.7. The van der Waals surface area contributed by atoms with Crippen LogP contribution in [0.25, 0.3) is 11.8 Å². The van der Waals surface area contributed by atoms with Crippen LogP contribution in [0.1, 0.15) is 28.8 Å². The minimum atomic E-state index is -0.967. The Kier molecular flexibility index (Phi) is 8.07. The molecular weight excluding hydrogens is 470 g/mol. The Labute approximate surface area is 207 Å². The lowest BCUT2D eigenvalue weighted by atomic mass is 9.98. The van der Waals surface area contributed by atoms with Gasteiger partial charge in [-0.15, -0.1) is 5.10 Å². The molecule has 1 amide bonds. The molecule has 3 aromatic rings. The lowest BCUT2D eigenvalue weighted by molar-refractivity contribution is -0.117. The van der Waals surface area contributed by atoms with Crippen LogP contribution in [0.3, 0.4) is 0 Å². The number of rotatable bonds is 10. The van der Waals surface area contributed by atoms with Gasteiger partial charge in [-0.2, -0.15) is 4.68 Å². The summed E-state index contributed by atoms with van der Waals surface area (Å²) in [7, 11) is 0. The summed E-state index contributed by atoms with van der Waals surface area (Å²) in [4.78, 5) is 23.9. The number of aromatic nitrogens is 4. The van der Waals surface area contributed by atoms with Crippen LogP contribution in [-0.2, 0) is 4.79 Å². The van der Waals surface area contributed by atoms with Crippen molar-refractivity contribution >= 4 is 35.2 Å². The number of nitrogens with zero attached hydrogens (tertiary/aromatic N) is 4. The molecule has 2 heterocycles. The van der Waals surface area contributed by atoms with Crippen molar-refractivity contribution in [1.82, 2.24) is 30.8 Å². The number of carboxylic acid groups (broad SMARTS) is 1. The molecular formula is C24H26ClN7O3. The summed E-state index contributed by atoms with van der Waals surface area (Å²) < 4.78 is 1.50. The normalized spacial score (nSPS) is 16.3. The number of tetrazole rings is 1. The Balaban J connectivity index is 1.42. The predicted octanol–water partition coefficient (Wildman–Crippen LogP) is 2.62. The molecule has 0 spiro atoms. The van der Waals surface area contributed by atoms with Crippen molar-refractivity contribution in [3.63, 3.8) is 0 Å². The lowest BCUT2D eigenvalue weighted by Crippen LogP contribution is -2.40. The molecule has 2 atom stereocenters. The van der Waals surface area contributed by atoms with Gasteiger partial charge in [0.1, 0.15) is 6.33 Å². The molecule has 11 heteroatoms. The Morgan fingerprint density at radius 1 is 1.26 bits per heavy atom. The van der Waals surface area contributed by atoms with E-state index in [1.807, 2.05) is 0 Å². The van der Waals surface area contributed by atoms with Crippen LogP contribution in [0.2, 0.25) is 5.02 Å².